The minimum Gasteiger partial charge on any atom is -0.480 e. The maximum absolute atomic E-state index is 12.6. The second-order valence-electron chi connectivity index (χ2n) is 7.31. The van der Waals surface area contributed by atoms with Gasteiger partial charge >= 0.3 is 5.97 Å². The van der Waals surface area contributed by atoms with Crippen molar-refractivity contribution in [2.45, 2.75) is 64.1 Å². The van der Waals surface area contributed by atoms with Crippen LogP contribution < -0.4 is 22.1 Å². The van der Waals surface area contributed by atoms with E-state index < -0.39 is 30.0 Å². The molecule has 1 saturated heterocycles. The van der Waals surface area contributed by atoms with Crippen LogP contribution in [-0.2, 0) is 14.4 Å². The summed E-state index contributed by atoms with van der Waals surface area (Å²) in [6, 6.07) is -2.41. The quantitative estimate of drug-likeness (QED) is 0.162. The maximum Gasteiger partial charge on any atom is 0.326 e. The number of rotatable bonds is 10. The average molecular weight is 384 g/mol. The number of carboxylic acid groups (broad SMARTS) is 1. The number of hydrogen-bond donors (Lipinski definition) is 6. The van der Waals surface area contributed by atoms with Gasteiger partial charge in [0.1, 0.15) is 12.1 Å². The number of guanidine groups is 1. The Balaban J connectivity index is 2.64. The lowest BCUT2D eigenvalue weighted by Gasteiger charge is -2.28. The maximum atomic E-state index is 12.6. The molecule has 8 N–H and O–H groups in total. The zero-order valence-corrected chi connectivity index (χ0v) is 16.0. The van der Waals surface area contributed by atoms with Crippen molar-refractivity contribution in [2.24, 2.45) is 17.4 Å². The van der Waals surface area contributed by atoms with Gasteiger partial charge in [0.2, 0.25) is 11.8 Å². The van der Waals surface area contributed by atoms with E-state index in [0.29, 0.717) is 38.8 Å². The first kappa shape index (κ1) is 22.7. The predicted molar refractivity (Wildman–Crippen MR) is 101 cm³/mol. The van der Waals surface area contributed by atoms with Crippen molar-refractivity contribution in [3.8, 4) is 0 Å². The van der Waals surface area contributed by atoms with Gasteiger partial charge < -0.3 is 32.1 Å². The summed E-state index contributed by atoms with van der Waals surface area (Å²) in [6.07, 6.45) is 2.31. The molecule has 0 radical (unpaired) electrons. The highest BCUT2D eigenvalue weighted by atomic mass is 16.4. The molecule has 0 aromatic carbocycles. The first-order chi connectivity index (χ1) is 12.6. The third-order valence-corrected chi connectivity index (χ3v) is 4.48. The van der Waals surface area contributed by atoms with Gasteiger partial charge in [-0.05, 0) is 38.0 Å². The van der Waals surface area contributed by atoms with E-state index in [2.05, 4.69) is 10.6 Å². The number of carbonyl (C=O) groups is 3. The Labute approximate surface area is 159 Å². The van der Waals surface area contributed by atoms with E-state index in [-0.39, 0.29) is 24.2 Å². The number of carbonyl (C=O) groups excluding carboxylic acids is 2. The summed E-state index contributed by atoms with van der Waals surface area (Å²) < 4.78 is 0. The number of hydrogen-bond acceptors (Lipinski definition) is 5. The second-order valence-corrected chi connectivity index (χ2v) is 7.31. The van der Waals surface area contributed by atoms with Gasteiger partial charge in [-0.1, -0.05) is 13.8 Å². The highest BCUT2D eigenvalue weighted by Crippen LogP contribution is 2.20. The first-order valence-electron chi connectivity index (χ1n) is 9.30. The van der Waals surface area contributed by atoms with Gasteiger partial charge in [-0.3, -0.25) is 15.0 Å². The standard InChI is InChI=1S/C17H32N6O4/c1-10(2)9-11(18)15(25)23-8-4-6-13(23)14(24)22-12(16(26)27)5-3-7-21-17(19)20/h10-13H,3-9,18H2,1-2H3,(H,22,24)(H,26,27)(H4,19,20,21)/t11-,12+,13+/m1/s1. The molecule has 0 spiro atoms. The number of aliphatic carboxylic acids is 1. The second kappa shape index (κ2) is 10.7. The van der Waals surface area contributed by atoms with Crippen molar-refractivity contribution in [1.82, 2.24) is 15.5 Å². The molecule has 10 nitrogen and oxygen atoms in total. The summed E-state index contributed by atoms with van der Waals surface area (Å²) in [7, 11) is 0. The van der Waals surface area contributed by atoms with Crippen LogP contribution in [0.25, 0.3) is 0 Å². The molecule has 0 aromatic rings. The molecular weight excluding hydrogens is 352 g/mol. The van der Waals surface area contributed by atoms with Crippen molar-refractivity contribution >= 4 is 23.7 Å². The fourth-order valence-corrected chi connectivity index (χ4v) is 3.18. The lowest BCUT2D eigenvalue weighted by atomic mass is 10.0. The Bertz CT molecular complexity index is 554. The van der Waals surface area contributed by atoms with Gasteiger partial charge in [0.25, 0.3) is 0 Å². The molecular formula is C17H32N6O4. The average Bonchev–Trinajstić information content (AvgIpc) is 3.05. The topological polar surface area (TPSA) is 175 Å². The number of nitrogens with two attached hydrogens (primary N) is 2. The molecule has 1 aliphatic rings. The first-order valence-corrected chi connectivity index (χ1v) is 9.30. The lowest BCUT2D eigenvalue weighted by Crippen LogP contribution is -2.54. The Kier molecular flexibility index (Phi) is 8.99. The zero-order chi connectivity index (χ0) is 20.6. The van der Waals surface area contributed by atoms with Crippen LogP contribution in [0.2, 0.25) is 0 Å². The van der Waals surface area contributed by atoms with E-state index in [1.165, 1.54) is 4.90 Å². The van der Waals surface area contributed by atoms with Crippen molar-refractivity contribution in [2.75, 3.05) is 13.1 Å². The minimum atomic E-state index is -1.14. The van der Waals surface area contributed by atoms with Gasteiger partial charge in [0.15, 0.2) is 5.96 Å². The predicted octanol–water partition coefficient (Wildman–Crippen LogP) is -0.817. The Morgan fingerprint density at radius 1 is 1.33 bits per heavy atom. The van der Waals surface area contributed by atoms with Crippen molar-refractivity contribution in [3.05, 3.63) is 0 Å². The van der Waals surface area contributed by atoms with Crippen LogP contribution in [0.3, 0.4) is 0 Å². The van der Waals surface area contributed by atoms with Crippen LogP contribution in [0.5, 0.6) is 0 Å². The van der Waals surface area contributed by atoms with Crippen LogP contribution >= 0.6 is 0 Å². The number of nitrogens with zero attached hydrogens (tertiary/aromatic N) is 1. The Morgan fingerprint density at radius 2 is 2.00 bits per heavy atom. The number of likely N-dealkylation sites (tertiary alicyclic amines) is 1. The number of carboxylic acids is 1. The molecule has 2 amide bonds. The molecule has 0 aliphatic carbocycles. The molecule has 1 rings (SSSR count). The van der Waals surface area contributed by atoms with E-state index in [4.69, 9.17) is 16.9 Å². The van der Waals surface area contributed by atoms with Crippen LogP contribution in [-0.4, -0.2) is 65.0 Å². The van der Waals surface area contributed by atoms with Gasteiger partial charge in [0.05, 0.1) is 6.04 Å². The third-order valence-electron chi connectivity index (χ3n) is 4.48. The van der Waals surface area contributed by atoms with E-state index in [1.54, 1.807) is 0 Å². The SMILES string of the molecule is CC(C)C[C@@H](N)C(=O)N1CCC[C@H]1C(=O)N[C@@H](CCCNC(=N)N)C(=O)O. The summed E-state index contributed by atoms with van der Waals surface area (Å²) >= 11 is 0. The molecule has 27 heavy (non-hydrogen) atoms. The van der Waals surface area contributed by atoms with E-state index in [0.717, 1.165) is 0 Å². The van der Waals surface area contributed by atoms with Gasteiger partial charge in [-0.25, -0.2) is 4.79 Å². The summed E-state index contributed by atoms with van der Waals surface area (Å²) in [5.41, 5.74) is 11.1. The van der Waals surface area contributed by atoms with Crippen LogP contribution in [0.15, 0.2) is 0 Å². The molecule has 154 valence electrons. The van der Waals surface area contributed by atoms with Crippen molar-refractivity contribution in [1.29, 1.82) is 5.41 Å². The van der Waals surface area contributed by atoms with Gasteiger partial charge in [0, 0.05) is 13.1 Å². The molecule has 0 bridgehead atoms. The zero-order valence-electron chi connectivity index (χ0n) is 16.0. The monoisotopic (exact) mass is 384 g/mol. The molecule has 1 heterocycles. The molecule has 3 atom stereocenters. The fourth-order valence-electron chi connectivity index (χ4n) is 3.18. The lowest BCUT2D eigenvalue weighted by molar-refractivity contribution is -0.144. The normalized spacial score (nSPS) is 18.8. The number of amides is 2. The summed E-state index contributed by atoms with van der Waals surface area (Å²) in [4.78, 5) is 38.0. The smallest absolute Gasteiger partial charge is 0.326 e. The van der Waals surface area contributed by atoms with Crippen LogP contribution in [0.4, 0.5) is 0 Å². The van der Waals surface area contributed by atoms with E-state index >= 15 is 0 Å². The highest BCUT2D eigenvalue weighted by Gasteiger charge is 2.37. The number of nitrogens with one attached hydrogen (secondary N) is 3. The largest absolute Gasteiger partial charge is 0.480 e. The van der Waals surface area contributed by atoms with Crippen molar-refractivity contribution < 1.29 is 19.5 Å². The molecule has 0 unspecified atom stereocenters. The molecule has 1 fully saturated rings. The third kappa shape index (κ3) is 7.41. The highest BCUT2D eigenvalue weighted by molar-refractivity contribution is 5.92. The Hall–Kier alpha value is -2.36. The van der Waals surface area contributed by atoms with Crippen molar-refractivity contribution in [3.63, 3.8) is 0 Å². The van der Waals surface area contributed by atoms with Gasteiger partial charge in [-0.15, -0.1) is 0 Å². The van der Waals surface area contributed by atoms with E-state index in [1.807, 2.05) is 13.8 Å². The summed E-state index contributed by atoms with van der Waals surface area (Å²) in [5.74, 6) is -1.80. The summed E-state index contributed by atoms with van der Waals surface area (Å²) in [6.45, 7) is 4.73. The molecule has 1 aliphatic heterocycles. The minimum absolute atomic E-state index is 0.189. The van der Waals surface area contributed by atoms with Crippen LogP contribution in [0.1, 0.15) is 46.0 Å². The molecule has 0 aromatic heterocycles. The fraction of sp³-hybridized carbons (Fsp3) is 0.765. The molecule has 0 saturated carbocycles. The van der Waals surface area contributed by atoms with Gasteiger partial charge in [-0.2, -0.15) is 0 Å². The van der Waals surface area contributed by atoms with E-state index in [9.17, 15) is 19.5 Å². The van der Waals surface area contributed by atoms with Crippen LogP contribution in [0, 0.1) is 11.3 Å². The molecule has 10 heteroatoms. The Morgan fingerprint density at radius 3 is 2.56 bits per heavy atom. The summed E-state index contributed by atoms with van der Waals surface area (Å²) in [5, 5.41) is 21.5.